The zero-order valence-electron chi connectivity index (χ0n) is 10.5. The number of carbonyl (C=O) groups is 1. The minimum atomic E-state index is -0.662. The van der Waals surface area contributed by atoms with Gasteiger partial charge in [0.05, 0.1) is 6.10 Å². The summed E-state index contributed by atoms with van der Waals surface area (Å²) < 4.78 is 5.03. The third-order valence-corrected chi connectivity index (χ3v) is 2.30. The molecule has 0 heterocycles. The van der Waals surface area contributed by atoms with Gasteiger partial charge in [-0.2, -0.15) is 0 Å². The second kappa shape index (κ2) is 7.63. The standard InChI is InChI=1S/C14H19NO3/c1-3-9-15-13(12-7-5-4-6-8-12)14(17)18-10-11(2)16/h3-8,11,13,15-16H,1,9-10H2,2H3. The van der Waals surface area contributed by atoms with Crippen molar-refractivity contribution < 1.29 is 14.6 Å². The van der Waals surface area contributed by atoms with Crippen LogP contribution in [-0.4, -0.2) is 30.3 Å². The van der Waals surface area contributed by atoms with E-state index in [2.05, 4.69) is 11.9 Å². The Morgan fingerprint density at radius 1 is 1.50 bits per heavy atom. The molecule has 2 unspecified atom stereocenters. The van der Waals surface area contributed by atoms with Gasteiger partial charge >= 0.3 is 5.97 Å². The highest BCUT2D eigenvalue weighted by molar-refractivity contribution is 5.77. The molecule has 1 rings (SSSR count). The number of esters is 1. The van der Waals surface area contributed by atoms with E-state index in [0.717, 1.165) is 5.56 Å². The number of carbonyl (C=O) groups excluding carboxylic acids is 1. The highest BCUT2D eigenvalue weighted by atomic mass is 16.5. The smallest absolute Gasteiger partial charge is 0.327 e. The molecule has 0 saturated carbocycles. The quantitative estimate of drug-likeness (QED) is 0.567. The van der Waals surface area contributed by atoms with Crippen LogP contribution >= 0.6 is 0 Å². The van der Waals surface area contributed by atoms with Crippen molar-refractivity contribution in [3.05, 3.63) is 48.6 Å². The van der Waals surface area contributed by atoms with Gasteiger partial charge in [-0.1, -0.05) is 36.4 Å². The van der Waals surface area contributed by atoms with Crippen LogP contribution in [0.25, 0.3) is 0 Å². The molecule has 0 fully saturated rings. The Morgan fingerprint density at radius 2 is 2.17 bits per heavy atom. The first-order valence-corrected chi connectivity index (χ1v) is 5.89. The molecule has 0 aliphatic carbocycles. The van der Waals surface area contributed by atoms with Gasteiger partial charge in [0.1, 0.15) is 12.6 Å². The van der Waals surface area contributed by atoms with E-state index in [1.165, 1.54) is 0 Å². The van der Waals surface area contributed by atoms with E-state index in [0.29, 0.717) is 6.54 Å². The maximum Gasteiger partial charge on any atom is 0.327 e. The third-order valence-electron chi connectivity index (χ3n) is 2.30. The molecule has 0 saturated heterocycles. The minimum Gasteiger partial charge on any atom is -0.462 e. The van der Waals surface area contributed by atoms with Crippen LogP contribution in [0.4, 0.5) is 0 Å². The number of hydrogen-bond acceptors (Lipinski definition) is 4. The van der Waals surface area contributed by atoms with Crippen LogP contribution in [0, 0.1) is 0 Å². The Hall–Kier alpha value is -1.65. The molecular formula is C14H19NO3. The van der Waals surface area contributed by atoms with E-state index in [1.54, 1.807) is 13.0 Å². The second-order valence-corrected chi connectivity index (χ2v) is 4.02. The molecule has 2 atom stereocenters. The van der Waals surface area contributed by atoms with Crippen LogP contribution in [0.1, 0.15) is 18.5 Å². The summed E-state index contributed by atoms with van der Waals surface area (Å²) in [6, 6.07) is 8.77. The lowest BCUT2D eigenvalue weighted by Crippen LogP contribution is -2.31. The number of aliphatic hydroxyl groups excluding tert-OH is 1. The van der Waals surface area contributed by atoms with Gasteiger partial charge in [0.25, 0.3) is 0 Å². The van der Waals surface area contributed by atoms with Crippen LogP contribution < -0.4 is 5.32 Å². The Balaban J connectivity index is 2.71. The topological polar surface area (TPSA) is 58.6 Å². The highest BCUT2D eigenvalue weighted by Crippen LogP contribution is 2.14. The summed E-state index contributed by atoms with van der Waals surface area (Å²) in [6.45, 7) is 5.68. The number of nitrogens with one attached hydrogen (secondary N) is 1. The number of rotatable bonds is 7. The first-order chi connectivity index (χ1) is 8.65. The monoisotopic (exact) mass is 249 g/mol. The van der Waals surface area contributed by atoms with Crippen molar-refractivity contribution in [2.24, 2.45) is 0 Å². The Morgan fingerprint density at radius 3 is 2.72 bits per heavy atom. The Kier molecular flexibility index (Phi) is 6.11. The van der Waals surface area contributed by atoms with Crippen LogP contribution in [-0.2, 0) is 9.53 Å². The molecule has 98 valence electrons. The largest absolute Gasteiger partial charge is 0.462 e. The summed E-state index contributed by atoms with van der Waals surface area (Å²) in [5.74, 6) is -0.399. The van der Waals surface area contributed by atoms with Crippen LogP contribution in [0.2, 0.25) is 0 Å². The maximum atomic E-state index is 11.9. The summed E-state index contributed by atoms with van der Waals surface area (Å²) in [7, 11) is 0. The SMILES string of the molecule is C=CCNC(C(=O)OCC(C)O)c1ccccc1. The van der Waals surface area contributed by atoms with Crippen LogP contribution in [0.3, 0.4) is 0 Å². The molecule has 0 spiro atoms. The summed E-state index contributed by atoms with van der Waals surface area (Å²) in [4.78, 5) is 11.9. The molecule has 0 aliphatic rings. The van der Waals surface area contributed by atoms with E-state index >= 15 is 0 Å². The molecule has 0 aliphatic heterocycles. The predicted molar refractivity (Wildman–Crippen MR) is 70.0 cm³/mol. The van der Waals surface area contributed by atoms with Crippen molar-refractivity contribution >= 4 is 5.97 Å². The van der Waals surface area contributed by atoms with E-state index in [9.17, 15) is 4.79 Å². The molecular weight excluding hydrogens is 230 g/mol. The zero-order valence-corrected chi connectivity index (χ0v) is 10.5. The van der Waals surface area contributed by atoms with Crippen molar-refractivity contribution in [3.8, 4) is 0 Å². The molecule has 1 aromatic carbocycles. The van der Waals surface area contributed by atoms with E-state index in [4.69, 9.17) is 9.84 Å². The molecule has 0 amide bonds. The summed E-state index contributed by atoms with van der Waals surface area (Å²) in [5, 5.41) is 12.2. The van der Waals surface area contributed by atoms with Crippen molar-refractivity contribution in [2.75, 3.05) is 13.2 Å². The molecule has 2 N–H and O–H groups in total. The second-order valence-electron chi connectivity index (χ2n) is 4.02. The normalized spacial score (nSPS) is 13.7. The summed E-state index contributed by atoms with van der Waals surface area (Å²) in [6.07, 6.45) is 1.02. The first-order valence-electron chi connectivity index (χ1n) is 5.89. The maximum absolute atomic E-state index is 11.9. The number of hydrogen-bond donors (Lipinski definition) is 2. The molecule has 0 radical (unpaired) electrons. The Labute approximate surface area is 107 Å². The van der Waals surface area contributed by atoms with Gasteiger partial charge in [-0.05, 0) is 12.5 Å². The van der Waals surface area contributed by atoms with Crippen LogP contribution in [0.15, 0.2) is 43.0 Å². The predicted octanol–water partition coefficient (Wildman–Crippen LogP) is 1.43. The average Bonchev–Trinajstić information content (AvgIpc) is 2.38. The van der Waals surface area contributed by atoms with Gasteiger partial charge in [-0.25, -0.2) is 4.79 Å². The van der Waals surface area contributed by atoms with E-state index in [-0.39, 0.29) is 6.61 Å². The highest BCUT2D eigenvalue weighted by Gasteiger charge is 2.21. The first kappa shape index (κ1) is 14.4. The fraction of sp³-hybridized carbons (Fsp3) is 0.357. The van der Waals surface area contributed by atoms with Crippen molar-refractivity contribution in [2.45, 2.75) is 19.1 Å². The van der Waals surface area contributed by atoms with Crippen molar-refractivity contribution in [3.63, 3.8) is 0 Å². The number of ether oxygens (including phenoxy) is 1. The van der Waals surface area contributed by atoms with Gasteiger partial charge in [0.2, 0.25) is 0 Å². The summed E-state index contributed by atoms with van der Waals surface area (Å²) in [5.41, 5.74) is 0.829. The fourth-order valence-electron chi connectivity index (χ4n) is 1.47. The van der Waals surface area contributed by atoms with E-state index < -0.39 is 18.1 Å². The van der Waals surface area contributed by atoms with Crippen molar-refractivity contribution in [1.82, 2.24) is 5.32 Å². The molecule has 18 heavy (non-hydrogen) atoms. The fourth-order valence-corrected chi connectivity index (χ4v) is 1.47. The molecule has 4 nitrogen and oxygen atoms in total. The Bertz CT molecular complexity index is 376. The van der Waals surface area contributed by atoms with Gasteiger partial charge in [-0.15, -0.1) is 6.58 Å². The van der Waals surface area contributed by atoms with Crippen molar-refractivity contribution in [1.29, 1.82) is 0 Å². The van der Waals surface area contributed by atoms with Gasteiger partial charge in [0.15, 0.2) is 0 Å². The molecule has 1 aromatic rings. The zero-order chi connectivity index (χ0) is 13.4. The van der Waals surface area contributed by atoms with Gasteiger partial charge < -0.3 is 9.84 Å². The molecule has 0 aromatic heterocycles. The van der Waals surface area contributed by atoms with Gasteiger partial charge in [-0.3, -0.25) is 5.32 Å². The third kappa shape index (κ3) is 4.69. The lowest BCUT2D eigenvalue weighted by Gasteiger charge is -2.17. The number of aliphatic hydroxyl groups is 1. The summed E-state index contributed by atoms with van der Waals surface area (Å²) >= 11 is 0. The van der Waals surface area contributed by atoms with Crippen LogP contribution in [0.5, 0.6) is 0 Å². The molecule has 0 bridgehead atoms. The molecule has 4 heteroatoms. The van der Waals surface area contributed by atoms with E-state index in [1.807, 2.05) is 30.3 Å². The lowest BCUT2D eigenvalue weighted by atomic mass is 10.1. The minimum absolute atomic E-state index is 0.00205. The average molecular weight is 249 g/mol. The lowest BCUT2D eigenvalue weighted by molar-refractivity contribution is -0.149. The number of benzene rings is 1. The van der Waals surface area contributed by atoms with Gasteiger partial charge in [0, 0.05) is 6.54 Å².